The van der Waals surface area contributed by atoms with Crippen LogP contribution < -0.4 is 21.5 Å². The number of hydrogen-bond acceptors (Lipinski definition) is 7. The number of nitrogens with two attached hydrogens (primary N) is 2. The molecule has 0 bridgehead atoms. The molecule has 2 aromatic carbocycles. The van der Waals surface area contributed by atoms with Gasteiger partial charge in [-0.2, -0.15) is 0 Å². The fourth-order valence-electron chi connectivity index (χ4n) is 4.61. The Kier molecular flexibility index (Phi) is 6.82. The van der Waals surface area contributed by atoms with Gasteiger partial charge < -0.3 is 20.7 Å². The molecular formula is C29H31ClN6O. The van der Waals surface area contributed by atoms with Gasteiger partial charge in [0.25, 0.3) is 0 Å². The maximum atomic E-state index is 6.88. The first-order valence-electron chi connectivity index (χ1n) is 12.3. The molecule has 0 saturated carbocycles. The molecule has 3 aromatic rings. The monoisotopic (exact) mass is 514 g/mol. The highest BCUT2D eigenvalue weighted by Crippen LogP contribution is 2.40. The van der Waals surface area contributed by atoms with Crippen molar-refractivity contribution in [1.82, 2.24) is 9.88 Å². The molecule has 8 heteroatoms. The zero-order valence-corrected chi connectivity index (χ0v) is 21.8. The zero-order chi connectivity index (χ0) is 26.0. The molecule has 3 heterocycles. The number of nitrogen functional groups attached to an aromatic ring is 1. The van der Waals surface area contributed by atoms with Crippen LogP contribution in [-0.2, 0) is 12.3 Å². The van der Waals surface area contributed by atoms with Crippen molar-refractivity contribution in [3.05, 3.63) is 82.1 Å². The van der Waals surface area contributed by atoms with Gasteiger partial charge in [0.1, 0.15) is 12.4 Å². The molecule has 0 radical (unpaired) electrons. The van der Waals surface area contributed by atoms with Crippen molar-refractivity contribution < 1.29 is 4.74 Å². The molecule has 1 unspecified atom stereocenters. The summed E-state index contributed by atoms with van der Waals surface area (Å²) in [5.74, 6) is 7.37. The topological polar surface area (TPSA) is 102 Å². The summed E-state index contributed by atoms with van der Waals surface area (Å²) in [6.07, 6.45) is 5.42. The van der Waals surface area contributed by atoms with Gasteiger partial charge in [-0.05, 0) is 76.3 Å². The number of nitrogens with one attached hydrogen (secondary N) is 1. The Balaban J connectivity index is 1.40. The van der Waals surface area contributed by atoms with Crippen LogP contribution >= 0.6 is 11.6 Å². The number of nitrogens with zero attached hydrogens (tertiary/aromatic N) is 3. The lowest BCUT2D eigenvalue weighted by Gasteiger charge is -2.34. The molecule has 2 aliphatic heterocycles. The second-order valence-electron chi connectivity index (χ2n) is 10.0. The molecule has 1 saturated heterocycles. The Labute approximate surface area is 222 Å². The molecule has 1 aromatic heterocycles. The average molecular weight is 515 g/mol. The van der Waals surface area contributed by atoms with Gasteiger partial charge in [-0.3, -0.25) is 10.7 Å². The number of aliphatic imine (C=N–C) groups is 1. The van der Waals surface area contributed by atoms with E-state index >= 15 is 0 Å². The van der Waals surface area contributed by atoms with Crippen LogP contribution in [0.15, 0.2) is 59.7 Å². The predicted octanol–water partition coefficient (Wildman–Crippen LogP) is 4.59. The minimum Gasteiger partial charge on any atom is -0.486 e. The molecule has 1 fully saturated rings. The largest absolute Gasteiger partial charge is 0.486 e. The summed E-state index contributed by atoms with van der Waals surface area (Å²) in [6.45, 7) is 4.64. The van der Waals surface area contributed by atoms with E-state index in [1.165, 1.54) is 0 Å². The fraction of sp³-hybridized carbons (Fsp3) is 0.310. The van der Waals surface area contributed by atoms with Crippen LogP contribution in [-0.4, -0.2) is 36.4 Å². The van der Waals surface area contributed by atoms with Crippen molar-refractivity contribution in [2.75, 3.05) is 31.2 Å². The van der Waals surface area contributed by atoms with Crippen molar-refractivity contribution in [3.63, 3.8) is 0 Å². The number of ether oxygens (including phenoxy) is 1. The lowest BCUT2D eigenvalue weighted by molar-refractivity contribution is 0.187. The maximum Gasteiger partial charge on any atom is 0.163 e. The molecular weight excluding hydrogens is 484 g/mol. The molecule has 5 rings (SSSR count). The van der Waals surface area contributed by atoms with Gasteiger partial charge in [-0.15, -0.1) is 0 Å². The SMILES string of the molecule is CN1CCC(C)(C#Cc2cc3c(cc2N)C(N)(c2ccc(OCc4ccccn4)c(Cl)c2)N=CN3)CC1. The Morgan fingerprint density at radius 2 is 1.97 bits per heavy atom. The lowest BCUT2D eigenvalue weighted by Crippen LogP contribution is -2.39. The highest BCUT2D eigenvalue weighted by Gasteiger charge is 2.35. The van der Waals surface area contributed by atoms with E-state index in [1.54, 1.807) is 24.7 Å². The highest BCUT2D eigenvalue weighted by atomic mass is 35.5. The molecule has 0 aliphatic carbocycles. The normalized spacial score (nSPS) is 20.3. The number of likely N-dealkylation sites (tertiary alicyclic amines) is 1. The average Bonchev–Trinajstić information content (AvgIpc) is 2.90. The maximum absolute atomic E-state index is 6.88. The Hall–Kier alpha value is -3.57. The Morgan fingerprint density at radius 1 is 1.16 bits per heavy atom. The second-order valence-corrected chi connectivity index (χ2v) is 10.4. The van der Waals surface area contributed by atoms with Crippen LogP contribution in [0.25, 0.3) is 0 Å². The van der Waals surface area contributed by atoms with E-state index in [0.29, 0.717) is 23.1 Å². The van der Waals surface area contributed by atoms with E-state index in [2.05, 4.69) is 46.0 Å². The molecule has 190 valence electrons. The molecule has 2 aliphatic rings. The fourth-order valence-corrected chi connectivity index (χ4v) is 4.84. The van der Waals surface area contributed by atoms with Crippen molar-refractivity contribution >= 4 is 29.3 Å². The molecule has 7 nitrogen and oxygen atoms in total. The van der Waals surface area contributed by atoms with Crippen LogP contribution in [0.2, 0.25) is 5.02 Å². The number of fused-ring (bicyclic) bond motifs is 1. The number of halogens is 1. The Morgan fingerprint density at radius 3 is 2.70 bits per heavy atom. The minimum absolute atomic E-state index is 0.0154. The zero-order valence-electron chi connectivity index (χ0n) is 21.1. The quantitative estimate of drug-likeness (QED) is 0.347. The highest BCUT2D eigenvalue weighted by molar-refractivity contribution is 6.32. The molecule has 37 heavy (non-hydrogen) atoms. The van der Waals surface area contributed by atoms with E-state index < -0.39 is 5.66 Å². The summed E-state index contributed by atoms with van der Waals surface area (Å²) in [7, 11) is 2.15. The number of rotatable bonds is 4. The van der Waals surface area contributed by atoms with E-state index in [1.807, 2.05) is 36.4 Å². The number of hydrogen-bond donors (Lipinski definition) is 3. The summed E-state index contributed by atoms with van der Waals surface area (Å²) in [5.41, 5.74) is 16.6. The van der Waals surface area contributed by atoms with Crippen LogP contribution in [0.5, 0.6) is 5.75 Å². The van der Waals surface area contributed by atoms with E-state index in [9.17, 15) is 0 Å². The van der Waals surface area contributed by atoms with Crippen molar-refractivity contribution in [2.45, 2.75) is 32.0 Å². The van der Waals surface area contributed by atoms with Gasteiger partial charge in [0, 0.05) is 39.7 Å². The van der Waals surface area contributed by atoms with Crippen LogP contribution in [0.4, 0.5) is 11.4 Å². The van der Waals surface area contributed by atoms with Crippen molar-refractivity contribution in [3.8, 4) is 17.6 Å². The van der Waals surface area contributed by atoms with Gasteiger partial charge in [0.15, 0.2) is 5.66 Å². The molecule has 1 atom stereocenters. The van der Waals surface area contributed by atoms with Crippen LogP contribution in [0.3, 0.4) is 0 Å². The summed E-state index contributed by atoms with van der Waals surface area (Å²) < 4.78 is 5.87. The number of anilines is 2. The number of aromatic nitrogens is 1. The summed E-state index contributed by atoms with van der Waals surface area (Å²) in [5, 5.41) is 3.65. The number of piperidine rings is 1. The first-order valence-corrected chi connectivity index (χ1v) is 12.7. The van der Waals surface area contributed by atoms with E-state index in [4.69, 9.17) is 27.8 Å². The van der Waals surface area contributed by atoms with Crippen LogP contribution in [0.1, 0.15) is 42.1 Å². The molecule has 0 amide bonds. The molecule has 5 N–H and O–H groups in total. The minimum atomic E-state index is -1.16. The third-order valence-corrected chi connectivity index (χ3v) is 7.45. The van der Waals surface area contributed by atoms with Crippen LogP contribution in [0, 0.1) is 17.3 Å². The Bertz CT molecular complexity index is 1390. The summed E-state index contributed by atoms with van der Waals surface area (Å²) >= 11 is 6.58. The van der Waals surface area contributed by atoms with Crippen molar-refractivity contribution in [2.24, 2.45) is 16.1 Å². The van der Waals surface area contributed by atoms with Gasteiger partial charge in [-0.1, -0.05) is 35.6 Å². The smallest absolute Gasteiger partial charge is 0.163 e. The van der Waals surface area contributed by atoms with Gasteiger partial charge >= 0.3 is 0 Å². The van der Waals surface area contributed by atoms with Gasteiger partial charge in [0.2, 0.25) is 0 Å². The summed E-state index contributed by atoms with van der Waals surface area (Å²) in [4.78, 5) is 11.2. The van der Waals surface area contributed by atoms with E-state index in [-0.39, 0.29) is 5.41 Å². The first kappa shape index (κ1) is 25.1. The third-order valence-electron chi connectivity index (χ3n) is 7.15. The van der Waals surface area contributed by atoms with Gasteiger partial charge in [-0.25, -0.2) is 4.99 Å². The number of pyridine rings is 1. The second kappa shape index (κ2) is 10.1. The van der Waals surface area contributed by atoms with Gasteiger partial charge in [0.05, 0.1) is 17.1 Å². The first-order chi connectivity index (χ1) is 17.8. The number of benzene rings is 2. The standard InChI is InChI=1S/C29H31ClN6O/c1-28(10-13-36(2)14-11-28)9-8-20-15-26-23(17-25(20)31)29(32,35-19-34-26)21-6-7-27(24(30)16-21)37-18-22-5-3-4-12-33-22/h3-7,12,15-17,19H,10-11,13-14,18,31-32H2,1-2H3,(H,34,35). The predicted molar refractivity (Wildman–Crippen MR) is 150 cm³/mol. The van der Waals surface area contributed by atoms with Crippen molar-refractivity contribution in [1.29, 1.82) is 0 Å². The van der Waals surface area contributed by atoms with E-state index in [0.717, 1.165) is 54.0 Å². The summed E-state index contributed by atoms with van der Waals surface area (Å²) in [6, 6.07) is 14.9. The third kappa shape index (κ3) is 5.28. The molecule has 0 spiro atoms. The lowest BCUT2D eigenvalue weighted by atomic mass is 9.81.